The van der Waals surface area contributed by atoms with Crippen LogP contribution in [0, 0.1) is 6.92 Å². The maximum atomic E-state index is 12.2. The number of aliphatic carboxylic acids is 1. The van der Waals surface area contributed by atoms with Crippen LogP contribution < -0.4 is 10.2 Å². The SMILES string of the molecule is CCN(C(=O)NC(COC)C(=O)O)c1cccc(C)c1. The second-order valence-electron chi connectivity index (χ2n) is 4.38. The summed E-state index contributed by atoms with van der Waals surface area (Å²) in [5, 5.41) is 11.5. The Hall–Kier alpha value is -2.08. The second kappa shape index (κ2) is 7.49. The monoisotopic (exact) mass is 280 g/mol. The van der Waals surface area contributed by atoms with Gasteiger partial charge in [-0.3, -0.25) is 4.90 Å². The molecule has 1 aromatic carbocycles. The highest BCUT2D eigenvalue weighted by Gasteiger charge is 2.23. The molecule has 2 N–H and O–H groups in total. The minimum absolute atomic E-state index is 0.0769. The van der Waals surface area contributed by atoms with Gasteiger partial charge in [-0.2, -0.15) is 0 Å². The van der Waals surface area contributed by atoms with E-state index in [0.717, 1.165) is 11.3 Å². The first-order chi connectivity index (χ1) is 9.49. The zero-order valence-corrected chi connectivity index (χ0v) is 11.9. The fourth-order valence-electron chi connectivity index (χ4n) is 1.81. The zero-order chi connectivity index (χ0) is 15.1. The number of carboxylic acid groups (broad SMARTS) is 1. The Kier molecular flexibility index (Phi) is 5.99. The Bertz CT molecular complexity index is 476. The maximum absolute atomic E-state index is 12.2. The molecule has 6 heteroatoms. The number of ether oxygens (including phenoxy) is 1. The third-order valence-corrected chi connectivity index (χ3v) is 2.80. The van der Waals surface area contributed by atoms with Gasteiger partial charge in [0.2, 0.25) is 0 Å². The van der Waals surface area contributed by atoms with Crippen molar-refractivity contribution in [2.75, 3.05) is 25.2 Å². The van der Waals surface area contributed by atoms with E-state index in [-0.39, 0.29) is 6.61 Å². The zero-order valence-electron chi connectivity index (χ0n) is 11.9. The molecule has 110 valence electrons. The Morgan fingerprint density at radius 1 is 1.45 bits per heavy atom. The standard InChI is InChI=1S/C14H20N2O4/c1-4-16(11-7-5-6-10(2)8-11)14(19)15-12(9-20-3)13(17)18/h5-8,12H,4,9H2,1-3H3,(H,15,19)(H,17,18). The third kappa shape index (κ3) is 4.24. The molecule has 0 saturated heterocycles. The molecule has 0 saturated carbocycles. The molecular formula is C14H20N2O4. The van der Waals surface area contributed by atoms with Crippen molar-refractivity contribution in [3.63, 3.8) is 0 Å². The topological polar surface area (TPSA) is 78.9 Å². The van der Waals surface area contributed by atoms with Gasteiger partial charge in [-0.05, 0) is 31.5 Å². The van der Waals surface area contributed by atoms with Crippen LogP contribution in [0.2, 0.25) is 0 Å². The van der Waals surface area contributed by atoms with Gasteiger partial charge in [-0.15, -0.1) is 0 Å². The molecular weight excluding hydrogens is 260 g/mol. The smallest absolute Gasteiger partial charge is 0.328 e. The Balaban J connectivity index is 2.84. The Morgan fingerprint density at radius 2 is 2.15 bits per heavy atom. The summed E-state index contributed by atoms with van der Waals surface area (Å²) < 4.78 is 4.79. The summed E-state index contributed by atoms with van der Waals surface area (Å²) in [4.78, 5) is 24.7. The second-order valence-corrected chi connectivity index (χ2v) is 4.38. The van der Waals surface area contributed by atoms with Crippen LogP contribution in [0.5, 0.6) is 0 Å². The van der Waals surface area contributed by atoms with E-state index < -0.39 is 18.0 Å². The Labute approximate surface area is 118 Å². The van der Waals surface area contributed by atoms with Crippen molar-refractivity contribution in [2.45, 2.75) is 19.9 Å². The molecule has 1 aromatic rings. The van der Waals surface area contributed by atoms with Crippen molar-refractivity contribution < 1.29 is 19.4 Å². The van der Waals surface area contributed by atoms with Crippen molar-refractivity contribution >= 4 is 17.7 Å². The first-order valence-corrected chi connectivity index (χ1v) is 6.36. The van der Waals surface area contributed by atoms with Crippen LogP contribution in [0.25, 0.3) is 0 Å². The average molecular weight is 280 g/mol. The van der Waals surface area contributed by atoms with Gasteiger partial charge < -0.3 is 15.2 Å². The van der Waals surface area contributed by atoms with Gasteiger partial charge >= 0.3 is 12.0 Å². The molecule has 0 heterocycles. The lowest BCUT2D eigenvalue weighted by Gasteiger charge is -2.24. The van der Waals surface area contributed by atoms with Crippen LogP contribution >= 0.6 is 0 Å². The Morgan fingerprint density at radius 3 is 2.65 bits per heavy atom. The highest BCUT2D eigenvalue weighted by atomic mass is 16.5. The lowest BCUT2D eigenvalue weighted by atomic mass is 10.2. The summed E-state index contributed by atoms with van der Waals surface area (Å²) in [5.41, 5.74) is 1.76. The minimum atomic E-state index is -1.12. The van der Waals surface area contributed by atoms with E-state index in [1.807, 2.05) is 38.1 Å². The van der Waals surface area contributed by atoms with E-state index in [9.17, 15) is 9.59 Å². The number of carbonyl (C=O) groups excluding carboxylic acids is 1. The number of anilines is 1. The molecule has 1 rings (SSSR count). The number of benzene rings is 1. The van der Waals surface area contributed by atoms with Crippen molar-refractivity contribution in [1.29, 1.82) is 0 Å². The van der Waals surface area contributed by atoms with Crippen LogP contribution in [0.3, 0.4) is 0 Å². The van der Waals surface area contributed by atoms with Crippen molar-refractivity contribution in [2.24, 2.45) is 0 Å². The van der Waals surface area contributed by atoms with Crippen molar-refractivity contribution in [3.8, 4) is 0 Å². The van der Waals surface area contributed by atoms with Crippen LogP contribution in [-0.2, 0) is 9.53 Å². The summed E-state index contributed by atoms with van der Waals surface area (Å²) in [6, 6.07) is 5.94. The predicted octanol–water partition coefficient (Wildman–Crippen LogP) is 1.63. The fraction of sp³-hybridized carbons (Fsp3) is 0.429. The van der Waals surface area contributed by atoms with Crippen LogP contribution in [0.15, 0.2) is 24.3 Å². The minimum Gasteiger partial charge on any atom is -0.480 e. The quantitative estimate of drug-likeness (QED) is 0.830. The van der Waals surface area contributed by atoms with Gasteiger partial charge in [0.05, 0.1) is 6.61 Å². The van der Waals surface area contributed by atoms with E-state index >= 15 is 0 Å². The number of hydrogen-bond acceptors (Lipinski definition) is 3. The summed E-state index contributed by atoms with van der Waals surface area (Å²) in [6.45, 7) is 4.12. The summed E-state index contributed by atoms with van der Waals surface area (Å²) in [6.07, 6.45) is 0. The van der Waals surface area contributed by atoms with Crippen LogP contribution in [-0.4, -0.2) is 43.4 Å². The predicted molar refractivity (Wildman–Crippen MR) is 76.0 cm³/mol. The van der Waals surface area contributed by atoms with Gasteiger partial charge in [0.1, 0.15) is 0 Å². The average Bonchev–Trinajstić information content (AvgIpc) is 2.39. The molecule has 0 aliphatic rings. The number of rotatable bonds is 6. The van der Waals surface area contributed by atoms with E-state index in [2.05, 4.69) is 5.32 Å². The molecule has 0 aliphatic heterocycles. The molecule has 1 atom stereocenters. The van der Waals surface area contributed by atoms with Gasteiger partial charge in [-0.1, -0.05) is 12.1 Å². The highest BCUT2D eigenvalue weighted by molar-refractivity contribution is 5.94. The number of methoxy groups -OCH3 is 1. The molecule has 0 fully saturated rings. The van der Waals surface area contributed by atoms with E-state index in [1.165, 1.54) is 12.0 Å². The number of nitrogens with zero attached hydrogens (tertiary/aromatic N) is 1. The first kappa shape index (κ1) is 16.0. The van der Waals surface area contributed by atoms with E-state index in [0.29, 0.717) is 6.54 Å². The van der Waals surface area contributed by atoms with Crippen molar-refractivity contribution in [3.05, 3.63) is 29.8 Å². The number of urea groups is 1. The molecule has 0 aliphatic carbocycles. The molecule has 2 amide bonds. The number of amides is 2. The molecule has 0 aromatic heterocycles. The normalized spacial score (nSPS) is 11.8. The fourth-order valence-corrected chi connectivity index (χ4v) is 1.81. The molecule has 6 nitrogen and oxygen atoms in total. The lowest BCUT2D eigenvalue weighted by molar-refractivity contribution is -0.140. The van der Waals surface area contributed by atoms with Gasteiger partial charge in [0.25, 0.3) is 0 Å². The summed E-state index contributed by atoms with van der Waals surface area (Å²) in [7, 11) is 1.39. The number of carboxylic acids is 1. The lowest BCUT2D eigenvalue weighted by Crippen LogP contribution is -2.50. The molecule has 0 bridgehead atoms. The molecule has 0 spiro atoms. The van der Waals surface area contributed by atoms with Crippen LogP contribution in [0.1, 0.15) is 12.5 Å². The third-order valence-electron chi connectivity index (χ3n) is 2.80. The number of aryl methyl sites for hydroxylation is 1. The number of nitrogens with one attached hydrogen (secondary N) is 1. The summed E-state index contributed by atoms with van der Waals surface area (Å²) >= 11 is 0. The molecule has 20 heavy (non-hydrogen) atoms. The highest BCUT2D eigenvalue weighted by Crippen LogP contribution is 2.15. The largest absolute Gasteiger partial charge is 0.480 e. The molecule has 1 unspecified atom stereocenters. The van der Waals surface area contributed by atoms with Gasteiger partial charge in [-0.25, -0.2) is 9.59 Å². The van der Waals surface area contributed by atoms with Crippen LogP contribution in [0.4, 0.5) is 10.5 Å². The number of hydrogen-bond donors (Lipinski definition) is 2. The van der Waals surface area contributed by atoms with Crippen molar-refractivity contribution in [1.82, 2.24) is 5.32 Å². The van der Waals surface area contributed by atoms with Gasteiger partial charge in [0.15, 0.2) is 6.04 Å². The molecule has 0 radical (unpaired) electrons. The van der Waals surface area contributed by atoms with E-state index in [1.54, 1.807) is 0 Å². The summed E-state index contributed by atoms with van der Waals surface area (Å²) in [5.74, 6) is -1.12. The maximum Gasteiger partial charge on any atom is 0.328 e. The van der Waals surface area contributed by atoms with Gasteiger partial charge in [0, 0.05) is 19.3 Å². The number of carbonyl (C=O) groups is 2. The van der Waals surface area contributed by atoms with E-state index in [4.69, 9.17) is 9.84 Å². The first-order valence-electron chi connectivity index (χ1n) is 6.36.